The second-order valence-electron chi connectivity index (χ2n) is 5.38. The molecule has 2 atom stereocenters. The first kappa shape index (κ1) is 17.5. The zero-order chi connectivity index (χ0) is 15.7. The van der Waals surface area contributed by atoms with Gasteiger partial charge in [0.25, 0.3) is 5.91 Å². The van der Waals surface area contributed by atoms with E-state index in [0.29, 0.717) is 18.2 Å². The summed E-state index contributed by atoms with van der Waals surface area (Å²) in [7, 11) is 0. The van der Waals surface area contributed by atoms with Crippen molar-refractivity contribution < 1.29 is 13.9 Å². The molecule has 1 N–H and O–H groups in total. The molecule has 4 heteroatoms. The van der Waals surface area contributed by atoms with Crippen LogP contribution >= 0.6 is 0 Å². The van der Waals surface area contributed by atoms with Gasteiger partial charge in [0, 0.05) is 6.54 Å². The van der Waals surface area contributed by atoms with E-state index in [9.17, 15) is 9.18 Å². The minimum Gasteiger partial charge on any atom is -0.481 e. The maximum absolute atomic E-state index is 12.8. The molecule has 1 rings (SSSR count). The number of amides is 1. The van der Waals surface area contributed by atoms with Gasteiger partial charge in [-0.15, -0.1) is 0 Å². The monoisotopic (exact) mass is 295 g/mol. The van der Waals surface area contributed by atoms with Gasteiger partial charge in [0.1, 0.15) is 11.6 Å². The highest BCUT2D eigenvalue weighted by Gasteiger charge is 2.16. The van der Waals surface area contributed by atoms with Crippen molar-refractivity contribution in [1.29, 1.82) is 0 Å². The summed E-state index contributed by atoms with van der Waals surface area (Å²) in [6.45, 7) is 6.70. The number of hydrogen-bond acceptors (Lipinski definition) is 2. The quantitative estimate of drug-likeness (QED) is 0.749. The average Bonchev–Trinajstić information content (AvgIpc) is 2.49. The number of unbranched alkanes of at least 4 members (excludes halogenated alkanes) is 1. The van der Waals surface area contributed by atoms with E-state index in [0.717, 1.165) is 12.8 Å². The van der Waals surface area contributed by atoms with Crippen LogP contribution in [-0.2, 0) is 4.79 Å². The number of rotatable bonds is 9. The Balaban J connectivity index is 2.38. The van der Waals surface area contributed by atoms with Crippen molar-refractivity contribution in [2.24, 2.45) is 5.92 Å². The Hall–Kier alpha value is -1.58. The Bertz CT molecular complexity index is 419. The van der Waals surface area contributed by atoms with Crippen LogP contribution in [0.5, 0.6) is 5.75 Å². The Labute approximate surface area is 126 Å². The molecule has 0 radical (unpaired) electrons. The molecule has 0 aliphatic carbocycles. The predicted octanol–water partition coefficient (Wildman–Crippen LogP) is 3.93. The van der Waals surface area contributed by atoms with Crippen molar-refractivity contribution >= 4 is 5.91 Å². The number of carbonyl (C=O) groups is 1. The van der Waals surface area contributed by atoms with E-state index < -0.39 is 6.10 Å². The van der Waals surface area contributed by atoms with Crippen molar-refractivity contribution in [2.75, 3.05) is 6.54 Å². The largest absolute Gasteiger partial charge is 0.481 e. The van der Waals surface area contributed by atoms with E-state index in [-0.39, 0.29) is 11.7 Å². The predicted molar refractivity (Wildman–Crippen MR) is 82.8 cm³/mol. The van der Waals surface area contributed by atoms with Gasteiger partial charge in [0.2, 0.25) is 0 Å². The van der Waals surface area contributed by atoms with Crippen molar-refractivity contribution in [3.8, 4) is 5.75 Å². The van der Waals surface area contributed by atoms with Crippen LogP contribution in [0.15, 0.2) is 24.3 Å². The molecule has 0 saturated carbocycles. The number of nitrogens with one attached hydrogen (secondary N) is 1. The fourth-order valence-electron chi connectivity index (χ4n) is 2.10. The third kappa shape index (κ3) is 6.61. The van der Waals surface area contributed by atoms with Crippen LogP contribution in [0, 0.1) is 11.7 Å². The molecule has 0 aliphatic rings. The highest BCUT2D eigenvalue weighted by atomic mass is 19.1. The van der Waals surface area contributed by atoms with Crippen molar-refractivity contribution in [3.63, 3.8) is 0 Å². The summed E-state index contributed by atoms with van der Waals surface area (Å²) in [5, 5.41) is 2.94. The molecular weight excluding hydrogens is 269 g/mol. The average molecular weight is 295 g/mol. The number of hydrogen-bond donors (Lipinski definition) is 1. The summed E-state index contributed by atoms with van der Waals surface area (Å²) >= 11 is 0. The van der Waals surface area contributed by atoms with E-state index in [2.05, 4.69) is 19.2 Å². The lowest BCUT2D eigenvalue weighted by atomic mass is 9.99. The molecule has 118 valence electrons. The number of halogens is 1. The van der Waals surface area contributed by atoms with Gasteiger partial charge in [-0.3, -0.25) is 4.79 Å². The lowest BCUT2D eigenvalue weighted by molar-refractivity contribution is -0.127. The van der Waals surface area contributed by atoms with Gasteiger partial charge in [-0.05, 0) is 43.5 Å². The van der Waals surface area contributed by atoms with Gasteiger partial charge in [-0.2, -0.15) is 0 Å². The summed E-state index contributed by atoms with van der Waals surface area (Å²) in [6.07, 6.45) is 3.98. The zero-order valence-electron chi connectivity index (χ0n) is 13.2. The van der Waals surface area contributed by atoms with E-state index in [4.69, 9.17) is 4.74 Å². The summed E-state index contributed by atoms with van der Waals surface area (Å²) in [4.78, 5) is 12.0. The van der Waals surface area contributed by atoms with E-state index in [1.54, 1.807) is 6.92 Å². The maximum atomic E-state index is 12.8. The Morgan fingerprint density at radius 3 is 2.52 bits per heavy atom. The van der Waals surface area contributed by atoms with Gasteiger partial charge in [-0.1, -0.05) is 33.1 Å². The molecule has 1 aromatic rings. The van der Waals surface area contributed by atoms with Crippen molar-refractivity contribution in [1.82, 2.24) is 5.32 Å². The van der Waals surface area contributed by atoms with Crippen LogP contribution in [0.25, 0.3) is 0 Å². The third-order valence-corrected chi connectivity index (χ3v) is 3.60. The van der Waals surface area contributed by atoms with Gasteiger partial charge >= 0.3 is 0 Å². The molecule has 0 spiro atoms. The van der Waals surface area contributed by atoms with Gasteiger partial charge in [0.15, 0.2) is 6.10 Å². The summed E-state index contributed by atoms with van der Waals surface area (Å²) < 4.78 is 18.3. The van der Waals surface area contributed by atoms with E-state index >= 15 is 0 Å². The van der Waals surface area contributed by atoms with Crippen molar-refractivity contribution in [2.45, 2.75) is 52.6 Å². The highest BCUT2D eigenvalue weighted by Crippen LogP contribution is 2.14. The second-order valence-corrected chi connectivity index (χ2v) is 5.38. The summed E-state index contributed by atoms with van der Waals surface area (Å²) in [5.74, 6) is 0.569. The maximum Gasteiger partial charge on any atom is 0.260 e. The van der Waals surface area contributed by atoms with Gasteiger partial charge in [0.05, 0.1) is 0 Å². The molecule has 0 aromatic heterocycles. The molecule has 3 nitrogen and oxygen atoms in total. The van der Waals surface area contributed by atoms with Crippen LogP contribution in [-0.4, -0.2) is 18.6 Å². The lowest BCUT2D eigenvalue weighted by Gasteiger charge is -2.18. The molecule has 1 aromatic carbocycles. The smallest absolute Gasteiger partial charge is 0.260 e. The minimum atomic E-state index is -0.584. The number of carbonyl (C=O) groups excluding carboxylic acids is 1. The number of benzene rings is 1. The molecule has 1 amide bonds. The Morgan fingerprint density at radius 1 is 1.29 bits per heavy atom. The first-order chi connectivity index (χ1) is 10.1. The molecule has 0 fully saturated rings. The van der Waals surface area contributed by atoms with Crippen LogP contribution in [0.4, 0.5) is 4.39 Å². The molecule has 0 aliphatic heterocycles. The van der Waals surface area contributed by atoms with Crippen LogP contribution in [0.3, 0.4) is 0 Å². The van der Waals surface area contributed by atoms with Gasteiger partial charge in [-0.25, -0.2) is 4.39 Å². The minimum absolute atomic E-state index is 0.130. The van der Waals surface area contributed by atoms with Crippen LogP contribution in [0.1, 0.15) is 46.5 Å². The summed E-state index contributed by atoms with van der Waals surface area (Å²) in [5.41, 5.74) is 0. The van der Waals surface area contributed by atoms with Crippen molar-refractivity contribution in [3.05, 3.63) is 30.1 Å². The Kier molecular flexibility index (Phi) is 7.80. The first-order valence-corrected chi connectivity index (χ1v) is 7.76. The zero-order valence-corrected chi connectivity index (χ0v) is 13.2. The van der Waals surface area contributed by atoms with Crippen LogP contribution < -0.4 is 10.1 Å². The SMILES string of the molecule is CCCC[C@H](CC)CNC(=O)[C@@H](C)Oc1ccc(F)cc1. The molecule has 0 bridgehead atoms. The molecule has 21 heavy (non-hydrogen) atoms. The summed E-state index contributed by atoms with van der Waals surface area (Å²) in [6, 6.07) is 5.68. The first-order valence-electron chi connectivity index (χ1n) is 7.76. The van der Waals surface area contributed by atoms with Gasteiger partial charge < -0.3 is 10.1 Å². The molecular formula is C17H26FNO2. The highest BCUT2D eigenvalue weighted by molar-refractivity contribution is 5.80. The van der Waals surface area contributed by atoms with E-state index in [1.807, 2.05) is 0 Å². The lowest BCUT2D eigenvalue weighted by Crippen LogP contribution is -2.38. The number of ether oxygens (including phenoxy) is 1. The van der Waals surface area contributed by atoms with Crippen LogP contribution in [0.2, 0.25) is 0 Å². The second kappa shape index (κ2) is 9.37. The standard InChI is InChI=1S/C17H26FNO2/c1-4-6-7-14(5-2)12-19-17(20)13(3)21-16-10-8-15(18)9-11-16/h8-11,13-14H,4-7,12H2,1-3H3,(H,19,20)/t13-,14+/m1/s1. The fourth-order valence-corrected chi connectivity index (χ4v) is 2.10. The third-order valence-electron chi connectivity index (χ3n) is 3.60. The normalized spacial score (nSPS) is 13.5. The topological polar surface area (TPSA) is 38.3 Å². The van der Waals surface area contributed by atoms with E-state index in [1.165, 1.54) is 37.1 Å². The fraction of sp³-hybridized carbons (Fsp3) is 0.588. The molecule has 0 heterocycles. The molecule has 0 unspecified atom stereocenters. The Morgan fingerprint density at radius 2 is 1.95 bits per heavy atom. The molecule has 0 saturated heterocycles.